The highest BCUT2D eigenvalue weighted by Gasteiger charge is 2.91. The zero-order valence-electron chi connectivity index (χ0n) is 24.7. The van der Waals surface area contributed by atoms with Gasteiger partial charge in [-0.25, -0.2) is 0 Å². The van der Waals surface area contributed by atoms with E-state index in [9.17, 15) is 20.1 Å². The van der Waals surface area contributed by atoms with Crippen LogP contribution < -0.4 is 9.47 Å². The second kappa shape index (κ2) is 8.79. The lowest BCUT2D eigenvalue weighted by atomic mass is 9.78. The number of benzene rings is 2. The molecule has 43 heavy (non-hydrogen) atoms. The molecule has 1 spiro atoms. The van der Waals surface area contributed by atoms with Gasteiger partial charge in [-0.2, -0.15) is 0 Å². The van der Waals surface area contributed by atoms with Crippen molar-refractivity contribution in [2.24, 2.45) is 0 Å². The van der Waals surface area contributed by atoms with Gasteiger partial charge < -0.3 is 53.2 Å². The molecule has 0 aromatic heterocycles. The van der Waals surface area contributed by atoms with E-state index in [1.165, 1.54) is 7.11 Å². The minimum Gasteiger partial charge on any atom is -0.506 e. The van der Waals surface area contributed by atoms with Crippen molar-refractivity contribution in [2.75, 3.05) is 27.4 Å². The van der Waals surface area contributed by atoms with E-state index < -0.39 is 53.5 Å². The quantitative estimate of drug-likeness (QED) is 0.432. The van der Waals surface area contributed by atoms with Crippen LogP contribution in [0.25, 0.3) is 10.8 Å². The summed E-state index contributed by atoms with van der Waals surface area (Å²) in [6.45, 7) is 5.20. The van der Waals surface area contributed by atoms with E-state index in [0.717, 1.165) is 5.56 Å². The summed E-state index contributed by atoms with van der Waals surface area (Å²) in [7, 11) is 3.07. The monoisotopic (exact) mass is 600 g/mol. The van der Waals surface area contributed by atoms with E-state index in [4.69, 9.17) is 37.9 Å². The Balaban J connectivity index is 1.24. The van der Waals surface area contributed by atoms with Crippen LogP contribution in [-0.2, 0) is 34.8 Å². The van der Waals surface area contributed by atoms with Gasteiger partial charge in [0.1, 0.15) is 36.1 Å². The number of ketones is 1. The van der Waals surface area contributed by atoms with Gasteiger partial charge in [0.05, 0.1) is 36.4 Å². The van der Waals surface area contributed by atoms with Crippen molar-refractivity contribution in [2.45, 2.75) is 99.9 Å². The van der Waals surface area contributed by atoms with Crippen molar-refractivity contribution in [3.8, 4) is 17.2 Å². The molecule has 232 valence electrons. The molecule has 12 nitrogen and oxygen atoms in total. The summed E-state index contributed by atoms with van der Waals surface area (Å²) in [5.41, 5.74) is -0.168. The van der Waals surface area contributed by atoms with Gasteiger partial charge in [0.2, 0.25) is 11.4 Å². The Morgan fingerprint density at radius 3 is 2.63 bits per heavy atom. The number of phenols is 1. The first-order valence-electron chi connectivity index (χ1n) is 14.8. The maximum absolute atomic E-state index is 13.1. The number of aliphatic hydroxyl groups is 2. The number of hydrogen-bond donors (Lipinski definition) is 3. The van der Waals surface area contributed by atoms with Crippen molar-refractivity contribution in [1.29, 1.82) is 0 Å². The molecule has 0 saturated carbocycles. The average molecular weight is 601 g/mol. The van der Waals surface area contributed by atoms with Gasteiger partial charge in [-0.1, -0.05) is 0 Å². The lowest BCUT2D eigenvalue weighted by Gasteiger charge is -2.48. The zero-order valence-corrected chi connectivity index (χ0v) is 24.7. The van der Waals surface area contributed by atoms with E-state index in [-0.39, 0.29) is 36.7 Å². The molecule has 6 aliphatic rings. The fraction of sp³-hybridized carbons (Fsp3) is 0.645. The van der Waals surface area contributed by atoms with E-state index in [1.54, 1.807) is 21.0 Å². The second-order valence-corrected chi connectivity index (χ2v) is 12.9. The number of carbonyl (C=O) groups is 1. The Kier molecular flexibility index (Phi) is 5.72. The maximum atomic E-state index is 13.1. The van der Waals surface area contributed by atoms with Crippen LogP contribution in [0.3, 0.4) is 0 Å². The molecular formula is C31H36O12. The molecule has 3 N–H and O–H groups in total. The van der Waals surface area contributed by atoms with Crippen LogP contribution in [0.1, 0.15) is 66.3 Å². The van der Waals surface area contributed by atoms with Crippen LogP contribution in [0.4, 0.5) is 0 Å². The number of ether oxygens (including phenoxy) is 8. The molecule has 9 atom stereocenters. The van der Waals surface area contributed by atoms with Crippen LogP contribution in [0, 0.1) is 6.92 Å². The molecule has 2 aromatic carbocycles. The maximum Gasteiger partial charge on any atom is 0.276 e. The summed E-state index contributed by atoms with van der Waals surface area (Å²) >= 11 is 0. The van der Waals surface area contributed by atoms with Crippen LogP contribution in [0.2, 0.25) is 0 Å². The van der Waals surface area contributed by atoms with Crippen LogP contribution in [-0.4, -0.2) is 95.9 Å². The molecule has 1 aliphatic carbocycles. The lowest BCUT2D eigenvalue weighted by molar-refractivity contribution is -0.323. The zero-order chi connectivity index (χ0) is 30.3. The first-order chi connectivity index (χ1) is 20.4. The molecule has 2 aromatic rings. The van der Waals surface area contributed by atoms with Crippen LogP contribution in [0.15, 0.2) is 6.07 Å². The molecule has 7 unspecified atom stereocenters. The third-order valence-corrected chi connectivity index (χ3v) is 10.4. The molecule has 5 heterocycles. The van der Waals surface area contributed by atoms with E-state index >= 15 is 0 Å². The smallest absolute Gasteiger partial charge is 0.276 e. The summed E-state index contributed by atoms with van der Waals surface area (Å²) in [5, 5.41) is 33.7. The number of rotatable bonds is 5. The summed E-state index contributed by atoms with van der Waals surface area (Å²) in [4.78, 5) is 13.1. The van der Waals surface area contributed by atoms with E-state index in [0.29, 0.717) is 52.7 Å². The normalized spacial score (nSPS) is 42.2. The van der Waals surface area contributed by atoms with Crippen LogP contribution in [0.5, 0.6) is 17.2 Å². The van der Waals surface area contributed by atoms with E-state index in [1.807, 2.05) is 13.0 Å². The third-order valence-electron chi connectivity index (χ3n) is 10.4. The van der Waals surface area contributed by atoms with Gasteiger partial charge in [0.25, 0.3) is 5.79 Å². The van der Waals surface area contributed by atoms with Crippen molar-refractivity contribution in [1.82, 2.24) is 0 Å². The van der Waals surface area contributed by atoms with Gasteiger partial charge in [-0.05, 0) is 45.2 Å². The fourth-order valence-electron chi connectivity index (χ4n) is 8.20. The van der Waals surface area contributed by atoms with Crippen molar-refractivity contribution < 1.29 is 58.0 Å². The lowest BCUT2D eigenvalue weighted by Crippen LogP contribution is -2.68. The Morgan fingerprint density at radius 1 is 1.19 bits per heavy atom. The molecule has 8 rings (SSSR count). The molecule has 4 saturated heterocycles. The standard InChI is InChI=1S/C31H36O12/c1-13-9-16-21(22(33)20-15(23(16)36-4)7-6-8-17(20)32)24-19(13)25-27-31(37-5,42-24)29(11-39-29)30(41-25,43-27)12-38-18-10-28(3,35)26(34)14(2)40-18/h9,14,18,25-27,33-35H,6-8,10-12H2,1-5H3/t14?,18?,25?,26?,27?,28?,29-,30?,31-/m1/s1. The molecule has 2 bridgehead atoms. The molecule has 0 radical (unpaired) electrons. The highest BCUT2D eigenvalue weighted by atomic mass is 16.9. The first kappa shape index (κ1) is 28.0. The number of carbonyl (C=O) groups excluding carboxylic acids is 1. The number of phenolic OH excluding ortho intramolecular Hbond substituents is 1. The Hall–Kier alpha value is -2.55. The third kappa shape index (κ3) is 3.30. The molecule has 12 heteroatoms. The van der Waals surface area contributed by atoms with Gasteiger partial charge in [-0.3, -0.25) is 4.79 Å². The highest BCUT2D eigenvalue weighted by Crippen LogP contribution is 2.71. The minimum absolute atomic E-state index is 0.0410. The van der Waals surface area contributed by atoms with Gasteiger partial charge >= 0.3 is 0 Å². The minimum atomic E-state index is -1.46. The Bertz CT molecular complexity index is 1560. The van der Waals surface area contributed by atoms with Gasteiger partial charge in [0, 0.05) is 36.5 Å². The van der Waals surface area contributed by atoms with Crippen LogP contribution >= 0.6 is 0 Å². The topological polar surface area (TPSA) is 155 Å². The van der Waals surface area contributed by atoms with Crippen molar-refractivity contribution in [3.05, 3.63) is 28.3 Å². The summed E-state index contributed by atoms with van der Waals surface area (Å²) in [6, 6.07) is 1.92. The number of aliphatic hydroxyl groups excluding tert-OH is 1. The van der Waals surface area contributed by atoms with E-state index in [2.05, 4.69) is 0 Å². The largest absolute Gasteiger partial charge is 0.506 e. The number of aromatic hydroxyl groups is 1. The van der Waals surface area contributed by atoms with Gasteiger partial charge in [0.15, 0.2) is 18.2 Å². The fourth-order valence-corrected chi connectivity index (χ4v) is 8.20. The summed E-state index contributed by atoms with van der Waals surface area (Å²) in [5.74, 6) is -2.31. The number of fused-ring (bicyclic) bond motifs is 8. The number of Topliss-reactive ketones (excluding diaryl/α,β-unsaturated/α-hetero) is 1. The predicted molar refractivity (Wildman–Crippen MR) is 146 cm³/mol. The number of methoxy groups -OCH3 is 2. The molecule has 5 aliphatic heterocycles. The average Bonchev–Trinajstić information content (AvgIpc) is 3.63. The highest BCUT2D eigenvalue weighted by molar-refractivity contribution is 6.11. The SMILES string of the molecule is COc1c2c(c(O)c3c4c(c(C)cc13)C1OC3(COC5CC(C)(O)C(O)C(C)O5)OC1[C@@](OC)(O4)[C@@]31CO1)C(=O)CCC2. The molecule has 0 amide bonds. The summed E-state index contributed by atoms with van der Waals surface area (Å²) in [6.07, 6.45) is -2.30. The summed E-state index contributed by atoms with van der Waals surface area (Å²) < 4.78 is 50.2. The first-order valence-corrected chi connectivity index (χ1v) is 14.8. The predicted octanol–water partition coefficient (Wildman–Crippen LogP) is 2.32. The number of aryl methyl sites for hydroxylation is 1. The van der Waals surface area contributed by atoms with Gasteiger partial charge in [-0.15, -0.1) is 0 Å². The van der Waals surface area contributed by atoms with Crippen molar-refractivity contribution >= 4 is 16.6 Å². The Labute approximate surface area is 247 Å². The Morgan fingerprint density at radius 2 is 1.95 bits per heavy atom. The number of epoxide rings is 1. The molecular weight excluding hydrogens is 564 g/mol. The molecule has 4 fully saturated rings. The van der Waals surface area contributed by atoms with Crippen molar-refractivity contribution in [3.63, 3.8) is 0 Å². The number of hydrogen-bond acceptors (Lipinski definition) is 12. The second-order valence-electron chi connectivity index (χ2n) is 12.9.